The second kappa shape index (κ2) is 6.48. The molecule has 0 aromatic heterocycles. The number of esters is 1. The van der Waals surface area contributed by atoms with Crippen molar-refractivity contribution < 1.29 is 23.7 Å². The number of nitrogens with zero attached hydrogens (tertiary/aromatic N) is 1. The molecule has 0 N–H and O–H groups in total. The summed E-state index contributed by atoms with van der Waals surface area (Å²) in [5.41, 5.74) is 0.445. The number of rotatable bonds is 5. The van der Waals surface area contributed by atoms with Crippen molar-refractivity contribution in [3.8, 4) is 23.3 Å². The second-order valence-electron chi connectivity index (χ2n) is 4.01. The maximum Gasteiger partial charge on any atom is 0.349 e. The van der Waals surface area contributed by atoms with Gasteiger partial charge in [0.15, 0.2) is 11.5 Å². The van der Waals surface area contributed by atoms with Crippen molar-refractivity contribution in [3.63, 3.8) is 0 Å². The zero-order valence-electron chi connectivity index (χ0n) is 11.4. The number of fused-ring (bicyclic) bond motifs is 1. The molecule has 0 unspecified atom stereocenters. The summed E-state index contributed by atoms with van der Waals surface area (Å²) in [6.45, 7) is 3.58. The van der Waals surface area contributed by atoms with Crippen LogP contribution in [0.25, 0.3) is 6.08 Å². The number of carbonyl (C=O) groups is 1. The number of hydrogen-bond acceptors (Lipinski definition) is 6. The molecule has 0 fully saturated rings. The first-order chi connectivity index (χ1) is 10.2. The molecule has 0 amide bonds. The third kappa shape index (κ3) is 3.15. The molecule has 0 aliphatic carbocycles. The quantitative estimate of drug-likeness (QED) is 0.357. The van der Waals surface area contributed by atoms with Crippen molar-refractivity contribution in [1.82, 2.24) is 0 Å². The minimum absolute atomic E-state index is 0.0440. The van der Waals surface area contributed by atoms with Gasteiger partial charge >= 0.3 is 5.97 Å². The van der Waals surface area contributed by atoms with Crippen molar-refractivity contribution in [3.05, 3.63) is 35.9 Å². The number of benzene rings is 1. The predicted octanol–water partition coefficient (Wildman–Crippen LogP) is 2.06. The van der Waals surface area contributed by atoms with Crippen LogP contribution < -0.4 is 14.2 Å². The van der Waals surface area contributed by atoms with Gasteiger partial charge in [0.25, 0.3) is 0 Å². The van der Waals surface area contributed by atoms with E-state index in [0.717, 1.165) is 0 Å². The Bertz CT molecular complexity index is 642. The zero-order valence-corrected chi connectivity index (χ0v) is 11.4. The number of methoxy groups -OCH3 is 1. The Hall–Kier alpha value is -2.94. The monoisotopic (exact) mass is 287 g/mol. The van der Waals surface area contributed by atoms with Crippen molar-refractivity contribution in [2.75, 3.05) is 20.5 Å². The first kappa shape index (κ1) is 14.5. The Morgan fingerprint density at radius 1 is 1.52 bits per heavy atom. The highest BCUT2D eigenvalue weighted by atomic mass is 16.7. The molecule has 1 aliphatic heterocycles. The van der Waals surface area contributed by atoms with E-state index in [-0.39, 0.29) is 19.0 Å². The molecule has 6 nitrogen and oxygen atoms in total. The van der Waals surface area contributed by atoms with Crippen molar-refractivity contribution in [1.29, 1.82) is 5.26 Å². The molecule has 6 heteroatoms. The molecule has 0 atom stereocenters. The smallest absolute Gasteiger partial charge is 0.349 e. The molecule has 0 saturated heterocycles. The summed E-state index contributed by atoms with van der Waals surface area (Å²) in [7, 11) is 1.49. The van der Waals surface area contributed by atoms with E-state index in [1.807, 2.05) is 0 Å². The maximum absolute atomic E-state index is 11.7. The lowest BCUT2D eigenvalue weighted by atomic mass is 10.1. The molecule has 1 aromatic carbocycles. The molecule has 1 aromatic rings. The lowest BCUT2D eigenvalue weighted by Gasteiger charge is -2.06. The Kier molecular flexibility index (Phi) is 4.46. The van der Waals surface area contributed by atoms with E-state index < -0.39 is 5.97 Å². The zero-order chi connectivity index (χ0) is 15.2. The standard InChI is InChI=1S/C15H13NO5/c1-3-4-19-15(17)11(8-16)5-10-6-12(18-2)14-13(7-10)20-9-21-14/h3,5-7H,1,4,9H2,2H3/b11-5+. The van der Waals surface area contributed by atoms with Crippen LogP contribution in [0.15, 0.2) is 30.4 Å². The molecule has 0 spiro atoms. The van der Waals surface area contributed by atoms with Gasteiger partial charge in [-0.2, -0.15) is 5.26 Å². The predicted molar refractivity (Wildman–Crippen MR) is 73.9 cm³/mol. The molecule has 0 bridgehead atoms. The minimum Gasteiger partial charge on any atom is -0.493 e. The van der Waals surface area contributed by atoms with Crippen LogP contribution in [0.5, 0.6) is 17.2 Å². The van der Waals surface area contributed by atoms with Crippen LogP contribution in [-0.2, 0) is 9.53 Å². The normalized spacial score (nSPS) is 12.5. The average molecular weight is 287 g/mol. The lowest BCUT2D eigenvalue weighted by molar-refractivity contribution is -0.137. The Morgan fingerprint density at radius 2 is 2.33 bits per heavy atom. The Labute approximate surface area is 121 Å². The van der Waals surface area contributed by atoms with Gasteiger partial charge in [0, 0.05) is 0 Å². The summed E-state index contributed by atoms with van der Waals surface area (Å²) in [6.07, 6.45) is 2.83. The summed E-state index contributed by atoms with van der Waals surface area (Å²) < 4.78 is 20.6. The fourth-order valence-electron chi connectivity index (χ4n) is 1.75. The summed E-state index contributed by atoms with van der Waals surface area (Å²) in [6, 6.07) is 5.10. The lowest BCUT2D eigenvalue weighted by Crippen LogP contribution is -2.06. The molecule has 2 rings (SSSR count). The molecule has 0 saturated carbocycles. The highest BCUT2D eigenvalue weighted by Gasteiger charge is 2.20. The van der Waals surface area contributed by atoms with E-state index in [1.54, 1.807) is 18.2 Å². The van der Waals surface area contributed by atoms with Crippen molar-refractivity contribution in [2.45, 2.75) is 0 Å². The van der Waals surface area contributed by atoms with Crippen molar-refractivity contribution >= 4 is 12.0 Å². The first-order valence-corrected chi connectivity index (χ1v) is 6.07. The molecule has 0 radical (unpaired) electrons. The molecular weight excluding hydrogens is 274 g/mol. The number of carbonyl (C=O) groups excluding carboxylic acids is 1. The number of nitriles is 1. The fraction of sp³-hybridized carbons (Fsp3) is 0.200. The van der Waals surface area contributed by atoms with Gasteiger partial charge in [-0.1, -0.05) is 12.7 Å². The van der Waals surface area contributed by atoms with Crippen LogP contribution in [0.1, 0.15) is 5.56 Å². The Balaban J connectivity index is 2.33. The topological polar surface area (TPSA) is 77.8 Å². The summed E-state index contributed by atoms with van der Waals surface area (Å²) in [4.78, 5) is 11.7. The molecule has 1 aliphatic rings. The average Bonchev–Trinajstić information content (AvgIpc) is 2.97. The third-order valence-electron chi connectivity index (χ3n) is 2.66. The number of hydrogen-bond donors (Lipinski definition) is 0. The van der Waals surface area contributed by atoms with E-state index in [9.17, 15) is 4.79 Å². The number of ether oxygens (including phenoxy) is 4. The van der Waals surface area contributed by atoms with Gasteiger partial charge in [-0.15, -0.1) is 0 Å². The van der Waals surface area contributed by atoms with Crippen LogP contribution in [-0.4, -0.2) is 26.5 Å². The van der Waals surface area contributed by atoms with Crippen LogP contribution in [0.2, 0.25) is 0 Å². The highest BCUT2D eigenvalue weighted by molar-refractivity contribution is 5.98. The van der Waals surface area contributed by atoms with Gasteiger partial charge in [-0.05, 0) is 23.8 Å². The van der Waals surface area contributed by atoms with Gasteiger partial charge in [0.1, 0.15) is 18.2 Å². The first-order valence-electron chi connectivity index (χ1n) is 6.07. The van der Waals surface area contributed by atoms with Crippen molar-refractivity contribution in [2.24, 2.45) is 0 Å². The Morgan fingerprint density at radius 3 is 3.00 bits per heavy atom. The molecule has 1 heterocycles. The van der Waals surface area contributed by atoms with E-state index in [0.29, 0.717) is 22.8 Å². The SMILES string of the molecule is C=CCOC(=O)/C(C#N)=C/c1cc(OC)c2c(c1)OCO2. The maximum atomic E-state index is 11.7. The second-order valence-corrected chi connectivity index (χ2v) is 4.01. The van der Waals surface area contributed by atoms with Crippen LogP contribution >= 0.6 is 0 Å². The van der Waals surface area contributed by atoms with Gasteiger partial charge in [-0.25, -0.2) is 4.79 Å². The summed E-state index contributed by atoms with van der Waals surface area (Å²) >= 11 is 0. The van der Waals surface area contributed by atoms with Gasteiger partial charge in [0.05, 0.1) is 7.11 Å². The largest absolute Gasteiger partial charge is 0.493 e. The molecule has 108 valence electrons. The highest BCUT2D eigenvalue weighted by Crippen LogP contribution is 2.42. The van der Waals surface area contributed by atoms with E-state index in [1.165, 1.54) is 19.3 Å². The summed E-state index contributed by atoms with van der Waals surface area (Å²) in [5.74, 6) is 0.752. The fourth-order valence-corrected chi connectivity index (χ4v) is 1.75. The molecular formula is C15H13NO5. The van der Waals surface area contributed by atoms with Crippen LogP contribution in [0.3, 0.4) is 0 Å². The summed E-state index contributed by atoms with van der Waals surface area (Å²) in [5, 5.41) is 9.04. The van der Waals surface area contributed by atoms with Crippen LogP contribution in [0.4, 0.5) is 0 Å². The van der Waals surface area contributed by atoms with E-state index in [4.69, 9.17) is 24.2 Å². The molecule has 21 heavy (non-hydrogen) atoms. The third-order valence-corrected chi connectivity index (χ3v) is 2.66. The van der Waals surface area contributed by atoms with Gasteiger partial charge in [0.2, 0.25) is 12.5 Å². The van der Waals surface area contributed by atoms with E-state index in [2.05, 4.69) is 6.58 Å². The minimum atomic E-state index is -0.714. The van der Waals surface area contributed by atoms with Gasteiger partial charge in [-0.3, -0.25) is 0 Å². The van der Waals surface area contributed by atoms with Gasteiger partial charge < -0.3 is 18.9 Å². The van der Waals surface area contributed by atoms with Crippen LogP contribution in [0, 0.1) is 11.3 Å². The van der Waals surface area contributed by atoms with E-state index >= 15 is 0 Å².